The van der Waals surface area contributed by atoms with E-state index in [1.54, 1.807) is 4.90 Å². The van der Waals surface area contributed by atoms with Gasteiger partial charge in [-0.05, 0) is 30.3 Å². The zero-order valence-corrected chi connectivity index (χ0v) is 16.2. The van der Waals surface area contributed by atoms with E-state index in [1.165, 1.54) is 29.2 Å². The molecule has 8 nitrogen and oxygen atoms in total. The highest BCUT2D eigenvalue weighted by Crippen LogP contribution is 2.35. The van der Waals surface area contributed by atoms with E-state index in [0.29, 0.717) is 0 Å². The first-order chi connectivity index (χ1) is 13.6. The zero-order valence-electron chi connectivity index (χ0n) is 15.3. The van der Waals surface area contributed by atoms with Gasteiger partial charge in [0.1, 0.15) is 10.6 Å². The first kappa shape index (κ1) is 20.6. The van der Waals surface area contributed by atoms with Gasteiger partial charge in [-0.2, -0.15) is 0 Å². The van der Waals surface area contributed by atoms with Crippen molar-refractivity contribution in [3.05, 3.63) is 63.7 Å². The molecule has 2 aromatic carbocycles. The van der Waals surface area contributed by atoms with Crippen molar-refractivity contribution in [1.29, 1.82) is 0 Å². The highest BCUT2D eigenvalue weighted by molar-refractivity contribution is 7.90. The number of nitro benzene ring substituents is 1. The number of amides is 1. The summed E-state index contributed by atoms with van der Waals surface area (Å²) in [6, 6.07) is 6.95. The lowest BCUT2D eigenvalue weighted by Crippen LogP contribution is -2.49. The van der Waals surface area contributed by atoms with Crippen LogP contribution in [0.15, 0.2) is 41.3 Å². The molecule has 29 heavy (non-hydrogen) atoms. The Hall–Kier alpha value is -3.08. The first-order valence-electron chi connectivity index (χ1n) is 8.56. The number of benzene rings is 2. The molecule has 154 valence electrons. The van der Waals surface area contributed by atoms with E-state index in [9.17, 15) is 32.1 Å². The Kier molecular flexibility index (Phi) is 5.51. The fraction of sp³-hybridized carbons (Fsp3) is 0.278. The van der Waals surface area contributed by atoms with Crippen molar-refractivity contribution in [2.75, 3.05) is 37.3 Å². The molecule has 0 saturated carbocycles. The molecule has 1 aliphatic heterocycles. The normalized spacial score (nSPS) is 14.7. The van der Waals surface area contributed by atoms with Crippen LogP contribution in [0.25, 0.3) is 0 Å². The molecule has 0 bridgehead atoms. The van der Waals surface area contributed by atoms with Crippen LogP contribution in [0.1, 0.15) is 10.4 Å². The third-order valence-electron chi connectivity index (χ3n) is 4.63. The molecule has 0 atom stereocenters. The topological polar surface area (TPSA) is 101 Å². The monoisotopic (exact) mass is 425 g/mol. The number of carbonyl (C=O) groups is 1. The van der Waals surface area contributed by atoms with Crippen molar-refractivity contribution in [2.24, 2.45) is 0 Å². The molecule has 0 aliphatic carbocycles. The van der Waals surface area contributed by atoms with Gasteiger partial charge < -0.3 is 9.80 Å². The summed E-state index contributed by atoms with van der Waals surface area (Å²) in [6.45, 7) is 0.781. The summed E-state index contributed by atoms with van der Waals surface area (Å²) < 4.78 is 50.3. The van der Waals surface area contributed by atoms with Crippen molar-refractivity contribution in [1.82, 2.24) is 4.90 Å². The lowest BCUT2D eigenvalue weighted by Gasteiger charge is -2.36. The van der Waals surface area contributed by atoms with Gasteiger partial charge in [0.2, 0.25) is 0 Å². The van der Waals surface area contributed by atoms with Gasteiger partial charge in [0.05, 0.1) is 4.92 Å². The Morgan fingerprint density at radius 1 is 1.07 bits per heavy atom. The van der Waals surface area contributed by atoms with Crippen LogP contribution < -0.4 is 4.90 Å². The van der Waals surface area contributed by atoms with Gasteiger partial charge in [0.25, 0.3) is 5.91 Å². The number of hydrogen-bond acceptors (Lipinski definition) is 6. The van der Waals surface area contributed by atoms with Crippen LogP contribution in [0.4, 0.5) is 20.2 Å². The fourth-order valence-electron chi connectivity index (χ4n) is 3.21. The first-order valence-corrected chi connectivity index (χ1v) is 10.5. The van der Waals surface area contributed by atoms with E-state index in [-0.39, 0.29) is 42.3 Å². The molecular formula is C18H17F2N3O5S. The molecule has 1 aliphatic rings. The molecule has 0 unspecified atom stereocenters. The number of halogens is 2. The quantitative estimate of drug-likeness (QED) is 0.550. The number of carbonyl (C=O) groups excluding carboxylic acids is 1. The molecule has 1 amide bonds. The van der Waals surface area contributed by atoms with Crippen LogP contribution in [0, 0.1) is 21.7 Å². The third kappa shape index (κ3) is 4.19. The van der Waals surface area contributed by atoms with Gasteiger partial charge in [-0.1, -0.05) is 6.07 Å². The lowest BCUT2D eigenvalue weighted by molar-refractivity contribution is -0.387. The summed E-state index contributed by atoms with van der Waals surface area (Å²) in [6.07, 6.45) is 0.900. The second kappa shape index (κ2) is 7.74. The van der Waals surface area contributed by atoms with Crippen molar-refractivity contribution in [2.45, 2.75) is 4.90 Å². The van der Waals surface area contributed by atoms with E-state index in [4.69, 9.17) is 0 Å². The Bertz CT molecular complexity index is 1080. The number of para-hydroxylation sites is 1. The second-order valence-electron chi connectivity index (χ2n) is 6.56. The summed E-state index contributed by atoms with van der Waals surface area (Å²) in [5.74, 6) is -2.66. The SMILES string of the molecule is CS(=O)(=O)c1cccc(N2CCN(C(=O)c3ccc(F)c(F)c3)CC2)c1[N+](=O)[O-]. The standard InChI is InChI=1S/C18H17F2N3O5S/c1-29(27,28)16-4-2-3-15(17(16)23(25)26)21-7-9-22(10-8-21)18(24)12-5-6-13(19)14(20)11-12/h2-6,11H,7-10H2,1H3. The average Bonchev–Trinajstić information content (AvgIpc) is 2.68. The van der Waals surface area contributed by atoms with E-state index < -0.39 is 38.0 Å². The van der Waals surface area contributed by atoms with Crippen LogP contribution >= 0.6 is 0 Å². The summed E-state index contributed by atoms with van der Waals surface area (Å²) >= 11 is 0. The number of anilines is 1. The van der Waals surface area contributed by atoms with Crippen LogP contribution in [0.3, 0.4) is 0 Å². The van der Waals surface area contributed by atoms with Crippen molar-refractivity contribution in [3.8, 4) is 0 Å². The largest absolute Gasteiger partial charge is 0.362 e. The van der Waals surface area contributed by atoms with Gasteiger partial charge in [0, 0.05) is 38.0 Å². The highest BCUT2D eigenvalue weighted by Gasteiger charge is 2.31. The van der Waals surface area contributed by atoms with Gasteiger partial charge in [-0.15, -0.1) is 0 Å². The molecule has 1 fully saturated rings. The molecule has 1 saturated heterocycles. The maximum atomic E-state index is 13.4. The highest BCUT2D eigenvalue weighted by atomic mass is 32.2. The summed E-state index contributed by atoms with van der Waals surface area (Å²) in [4.78, 5) is 26.0. The molecule has 3 rings (SSSR count). The smallest absolute Gasteiger partial charge is 0.311 e. The molecule has 11 heteroatoms. The number of rotatable bonds is 4. The average molecular weight is 425 g/mol. The van der Waals surface area contributed by atoms with Gasteiger partial charge in [-0.25, -0.2) is 17.2 Å². The Morgan fingerprint density at radius 3 is 2.28 bits per heavy atom. The minimum Gasteiger partial charge on any atom is -0.362 e. The van der Waals surface area contributed by atoms with Crippen molar-refractivity contribution < 1.29 is 26.9 Å². The second-order valence-corrected chi connectivity index (χ2v) is 8.55. The Labute approximate surface area is 165 Å². The number of hydrogen-bond donors (Lipinski definition) is 0. The van der Waals surface area contributed by atoms with E-state index in [0.717, 1.165) is 18.4 Å². The molecular weight excluding hydrogens is 408 g/mol. The summed E-state index contributed by atoms with van der Waals surface area (Å²) in [5.41, 5.74) is -0.351. The molecule has 0 radical (unpaired) electrons. The van der Waals surface area contributed by atoms with Crippen LogP contribution in [-0.4, -0.2) is 56.6 Å². The summed E-state index contributed by atoms with van der Waals surface area (Å²) in [5, 5.41) is 11.5. The van der Waals surface area contributed by atoms with Crippen molar-refractivity contribution >= 4 is 27.1 Å². The lowest BCUT2D eigenvalue weighted by atomic mass is 10.1. The zero-order chi connectivity index (χ0) is 21.3. The number of nitrogens with zero attached hydrogens (tertiary/aromatic N) is 3. The summed E-state index contributed by atoms with van der Waals surface area (Å²) in [7, 11) is -3.81. The molecule has 0 spiro atoms. The van der Waals surface area contributed by atoms with Gasteiger partial charge in [-0.3, -0.25) is 14.9 Å². The number of piperazine rings is 1. The van der Waals surface area contributed by atoms with Crippen LogP contribution in [0.5, 0.6) is 0 Å². The molecule has 0 N–H and O–H groups in total. The molecule has 2 aromatic rings. The van der Waals surface area contributed by atoms with E-state index in [2.05, 4.69) is 0 Å². The van der Waals surface area contributed by atoms with E-state index >= 15 is 0 Å². The third-order valence-corrected chi connectivity index (χ3v) is 5.76. The Balaban J connectivity index is 1.81. The Morgan fingerprint density at radius 2 is 1.72 bits per heavy atom. The predicted molar refractivity (Wildman–Crippen MR) is 101 cm³/mol. The van der Waals surface area contributed by atoms with Crippen LogP contribution in [0.2, 0.25) is 0 Å². The van der Waals surface area contributed by atoms with Crippen molar-refractivity contribution in [3.63, 3.8) is 0 Å². The van der Waals surface area contributed by atoms with Gasteiger partial charge >= 0.3 is 5.69 Å². The minimum absolute atomic E-state index is 0.00223. The maximum absolute atomic E-state index is 13.4. The minimum atomic E-state index is -3.81. The molecule has 0 aromatic heterocycles. The number of sulfone groups is 1. The fourth-order valence-corrected chi connectivity index (χ4v) is 4.07. The number of nitro groups is 1. The van der Waals surface area contributed by atoms with Gasteiger partial charge in [0.15, 0.2) is 21.5 Å². The predicted octanol–water partition coefficient (Wildman–Crippen LogP) is 2.24. The van der Waals surface area contributed by atoms with Crippen LogP contribution in [-0.2, 0) is 9.84 Å². The maximum Gasteiger partial charge on any atom is 0.311 e. The molecule has 1 heterocycles. The van der Waals surface area contributed by atoms with E-state index in [1.807, 2.05) is 0 Å².